The monoisotopic (exact) mass is 306 g/mol. The van der Waals surface area contributed by atoms with E-state index in [-0.39, 0.29) is 18.1 Å². The normalized spacial score (nSPS) is 29.3. The fourth-order valence-electron chi connectivity index (χ4n) is 3.96. The van der Waals surface area contributed by atoms with Crippen LogP contribution < -0.4 is 0 Å². The van der Waals surface area contributed by atoms with E-state index in [0.717, 1.165) is 30.8 Å². The van der Waals surface area contributed by atoms with Crippen molar-refractivity contribution in [2.24, 2.45) is 0 Å². The summed E-state index contributed by atoms with van der Waals surface area (Å²) in [6, 6.07) is 2.23. The summed E-state index contributed by atoms with van der Waals surface area (Å²) in [6.45, 7) is 3.30. The quantitative estimate of drug-likeness (QED) is 0.901. The summed E-state index contributed by atoms with van der Waals surface area (Å²) in [5, 5.41) is 10.3. The molecule has 1 N–H and O–H groups in total. The van der Waals surface area contributed by atoms with Gasteiger partial charge in [0, 0.05) is 18.0 Å². The van der Waals surface area contributed by atoms with Gasteiger partial charge in [-0.05, 0) is 56.8 Å². The van der Waals surface area contributed by atoms with Gasteiger partial charge in [0.05, 0.1) is 17.0 Å². The lowest BCUT2D eigenvalue weighted by Crippen LogP contribution is -2.41. The molecule has 0 saturated carbocycles. The van der Waals surface area contributed by atoms with Gasteiger partial charge >= 0.3 is 0 Å². The van der Waals surface area contributed by atoms with Gasteiger partial charge in [-0.1, -0.05) is 0 Å². The molecule has 0 aromatic carbocycles. The summed E-state index contributed by atoms with van der Waals surface area (Å²) in [7, 11) is 0. The zero-order chi connectivity index (χ0) is 14.4. The maximum absolute atomic E-state index is 12.7. The van der Waals surface area contributed by atoms with Crippen molar-refractivity contribution in [3.63, 3.8) is 0 Å². The largest absolute Gasteiger partial charge is 0.390 e. The molecule has 2 fully saturated rings. The number of hydrogen-bond acceptors (Lipinski definition) is 4. The van der Waals surface area contributed by atoms with Crippen LogP contribution in [0.2, 0.25) is 0 Å². The molecule has 0 spiro atoms. The number of thiophene rings is 1. The molecule has 3 heterocycles. The van der Waals surface area contributed by atoms with E-state index in [1.165, 1.54) is 29.7 Å². The highest BCUT2D eigenvalue weighted by Gasteiger charge is 2.39. The number of amides is 1. The van der Waals surface area contributed by atoms with Crippen molar-refractivity contribution in [2.75, 3.05) is 26.2 Å². The molecular formula is C16H22N2O2S. The zero-order valence-corrected chi connectivity index (χ0v) is 13.1. The fraction of sp³-hybridized carbons (Fsp3) is 0.688. The lowest BCUT2D eigenvalue weighted by molar-refractivity contribution is 0.0767. The summed E-state index contributed by atoms with van der Waals surface area (Å²) in [4.78, 5) is 19.1. The molecular weight excluding hydrogens is 284 g/mol. The smallest absolute Gasteiger partial charge is 0.264 e. The molecule has 5 heteroatoms. The molecule has 0 bridgehead atoms. The van der Waals surface area contributed by atoms with Crippen molar-refractivity contribution < 1.29 is 9.90 Å². The Morgan fingerprint density at radius 2 is 2.00 bits per heavy atom. The Labute approximate surface area is 129 Å². The van der Waals surface area contributed by atoms with Gasteiger partial charge in [0.15, 0.2) is 0 Å². The molecule has 2 saturated heterocycles. The number of aliphatic hydroxyl groups excluding tert-OH is 1. The molecule has 21 heavy (non-hydrogen) atoms. The summed E-state index contributed by atoms with van der Waals surface area (Å²) in [5.74, 6) is 0.121. The van der Waals surface area contributed by atoms with Gasteiger partial charge in [0.25, 0.3) is 5.91 Å². The van der Waals surface area contributed by atoms with Crippen LogP contribution in [-0.2, 0) is 12.8 Å². The molecule has 1 aliphatic carbocycles. The predicted molar refractivity (Wildman–Crippen MR) is 82.8 cm³/mol. The van der Waals surface area contributed by atoms with Crippen molar-refractivity contribution in [1.29, 1.82) is 0 Å². The number of carbonyl (C=O) groups excluding carboxylic acids is 1. The van der Waals surface area contributed by atoms with Crippen LogP contribution >= 0.6 is 11.3 Å². The van der Waals surface area contributed by atoms with E-state index in [4.69, 9.17) is 0 Å². The van der Waals surface area contributed by atoms with E-state index in [9.17, 15) is 9.90 Å². The Morgan fingerprint density at radius 1 is 1.19 bits per heavy atom. The molecule has 1 amide bonds. The summed E-state index contributed by atoms with van der Waals surface area (Å²) < 4.78 is 0. The summed E-state index contributed by atoms with van der Waals surface area (Å²) in [5.41, 5.74) is 1.37. The van der Waals surface area contributed by atoms with Crippen molar-refractivity contribution in [2.45, 2.75) is 44.2 Å². The van der Waals surface area contributed by atoms with Crippen LogP contribution in [0.15, 0.2) is 6.07 Å². The lowest BCUT2D eigenvalue weighted by Gasteiger charge is -2.25. The summed E-state index contributed by atoms with van der Waals surface area (Å²) >= 11 is 1.67. The first-order valence-corrected chi connectivity index (χ1v) is 8.87. The third-order valence-corrected chi connectivity index (χ3v) is 6.34. The molecule has 0 unspecified atom stereocenters. The topological polar surface area (TPSA) is 43.8 Å². The van der Waals surface area contributed by atoms with Crippen LogP contribution in [-0.4, -0.2) is 59.1 Å². The number of aryl methyl sites for hydroxylation is 2. The Kier molecular flexibility index (Phi) is 3.52. The molecule has 1 aromatic rings. The van der Waals surface area contributed by atoms with E-state index >= 15 is 0 Å². The molecule has 2 atom stereocenters. The number of β-amino-alcohol motifs (C(OH)–C–C–N with tert-alkyl or cyclic N) is 1. The van der Waals surface area contributed by atoms with Crippen LogP contribution in [0.5, 0.6) is 0 Å². The first-order valence-electron chi connectivity index (χ1n) is 8.05. The second-order valence-electron chi connectivity index (χ2n) is 6.50. The molecule has 4 nitrogen and oxygen atoms in total. The number of carbonyl (C=O) groups is 1. The number of fused-ring (bicyclic) bond motifs is 1. The van der Waals surface area contributed by atoms with Crippen molar-refractivity contribution in [3.05, 3.63) is 21.4 Å². The number of hydrogen-bond donors (Lipinski definition) is 1. The number of nitrogens with zero attached hydrogens (tertiary/aromatic N) is 2. The van der Waals surface area contributed by atoms with E-state index in [2.05, 4.69) is 11.0 Å². The molecule has 0 radical (unpaired) electrons. The average molecular weight is 306 g/mol. The highest BCUT2D eigenvalue weighted by molar-refractivity contribution is 7.14. The second-order valence-corrected chi connectivity index (χ2v) is 7.64. The fourth-order valence-corrected chi connectivity index (χ4v) is 5.18. The minimum Gasteiger partial charge on any atom is -0.390 e. The van der Waals surface area contributed by atoms with Crippen LogP contribution in [0.1, 0.15) is 39.4 Å². The highest BCUT2D eigenvalue weighted by atomic mass is 32.1. The predicted octanol–water partition coefficient (Wildman–Crippen LogP) is 1.52. The Bertz CT molecular complexity index is 529. The van der Waals surface area contributed by atoms with Gasteiger partial charge in [-0.3, -0.25) is 9.69 Å². The maximum atomic E-state index is 12.7. The molecule has 114 valence electrons. The van der Waals surface area contributed by atoms with Gasteiger partial charge in [-0.25, -0.2) is 0 Å². The first kappa shape index (κ1) is 13.7. The third kappa shape index (κ3) is 2.41. The highest BCUT2D eigenvalue weighted by Crippen LogP contribution is 2.32. The Morgan fingerprint density at radius 3 is 2.76 bits per heavy atom. The van der Waals surface area contributed by atoms with E-state index < -0.39 is 0 Å². The maximum Gasteiger partial charge on any atom is 0.264 e. The Balaban J connectivity index is 1.47. The van der Waals surface area contributed by atoms with Crippen molar-refractivity contribution >= 4 is 17.2 Å². The van der Waals surface area contributed by atoms with Gasteiger partial charge in [0.1, 0.15) is 0 Å². The van der Waals surface area contributed by atoms with Crippen molar-refractivity contribution in [3.8, 4) is 0 Å². The number of aliphatic hydroxyl groups is 1. The number of likely N-dealkylation sites (tertiary alicyclic amines) is 2. The SMILES string of the molecule is O=C(c1cc2c(s1)CCC2)N1C[C@@H](O)[C@H](N2CCCC2)C1. The molecule has 1 aromatic heterocycles. The van der Waals surface area contributed by atoms with Crippen LogP contribution in [0.25, 0.3) is 0 Å². The zero-order valence-electron chi connectivity index (χ0n) is 12.3. The lowest BCUT2D eigenvalue weighted by atomic mass is 10.2. The average Bonchev–Trinajstić information content (AvgIpc) is 3.20. The second kappa shape index (κ2) is 5.38. The third-order valence-electron chi connectivity index (χ3n) is 5.11. The van der Waals surface area contributed by atoms with Gasteiger partial charge in [-0.15, -0.1) is 11.3 Å². The van der Waals surface area contributed by atoms with Crippen LogP contribution in [0.3, 0.4) is 0 Å². The van der Waals surface area contributed by atoms with E-state index in [1.807, 2.05) is 4.90 Å². The van der Waals surface area contributed by atoms with Crippen LogP contribution in [0.4, 0.5) is 0 Å². The van der Waals surface area contributed by atoms with Crippen LogP contribution in [0, 0.1) is 0 Å². The Hall–Kier alpha value is -0.910. The minimum absolute atomic E-state index is 0.121. The van der Waals surface area contributed by atoms with Gasteiger partial charge in [0.2, 0.25) is 0 Å². The molecule has 3 aliphatic rings. The van der Waals surface area contributed by atoms with Gasteiger partial charge < -0.3 is 10.0 Å². The minimum atomic E-state index is -0.390. The standard InChI is InChI=1S/C16H22N2O2S/c19-13-10-18(9-12(13)17-6-1-2-7-17)16(20)15-8-11-4-3-5-14(11)21-15/h8,12-13,19H,1-7,9-10H2/t12-,13-/m1/s1. The van der Waals surface area contributed by atoms with Gasteiger partial charge in [-0.2, -0.15) is 0 Å². The summed E-state index contributed by atoms with van der Waals surface area (Å²) in [6.07, 6.45) is 5.53. The van der Waals surface area contributed by atoms with Crippen molar-refractivity contribution in [1.82, 2.24) is 9.80 Å². The number of rotatable bonds is 2. The van der Waals surface area contributed by atoms with E-state index in [1.54, 1.807) is 11.3 Å². The van der Waals surface area contributed by atoms with E-state index in [0.29, 0.717) is 13.1 Å². The first-order chi connectivity index (χ1) is 10.2. The molecule has 2 aliphatic heterocycles. The molecule has 4 rings (SSSR count).